The second kappa shape index (κ2) is 4.46. The number of aromatic nitrogens is 1. The third-order valence-corrected chi connectivity index (χ3v) is 3.71. The van der Waals surface area contributed by atoms with E-state index in [-0.39, 0.29) is 5.52 Å². The number of alkyl halides is 3. The van der Waals surface area contributed by atoms with E-state index in [9.17, 15) is 23.1 Å². The van der Waals surface area contributed by atoms with Gasteiger partial charge in [-0.05, 0) is 12.1 Å². The van der Waals surface area contributed by atoms with Crippen molar-refractivity contribution in [1.82, 2.24) is 4.98 Å². The van der Waals surface area contributed by atoms with E-state index in [2.05, 4.69) is 4.98 Å². The fourth-order valence-electron chi connectivity index (χ4n) is 1.57. The normalized spacial score (nSPS) is 15.4. The highest BCUT2D eigenvalue weighted by atomic mass is 32.1. The van der Waals surface area contributed by atoms with Crippen LogP contribution in [0.4, 0.5) is 13.2 Å². The average Bonchev–Trinajstić information content (AvgIpc) is 2.70. The first-order chi connectivity index (χ1) is 8.74. The van der Waals surface area contributed by atoms with E-state index in [0.717, 1.165) is 0 Å². The Labute approximate surface area is 109 Å². The molecule has 8 heteroatoms. The molecule has 102 valence electrons. The highest BCUT2D eigenvalue weighted by Gasteiger charge is 2.58. The van der Waals surface area contributed by atoms with Crippen LogP contribution in [0.15, 0.2) is 24.3 Å². The quantitative estimate of drug-likeness (QED) is 0.911. The summed E-state index contributed by atoms with van der Waals surface area (Å²) in [6.07, 6.45) is -6.59. The monoisotopic (exact) mass is 291 g/mol. The lowest BCUT2D eigenvalue weighted by Gasteiger charge is -2.26. The zero-order valence-corrected chi connectivity index (χ0v) is 10.1. The van der Waals surface area contributed by atoms with Crippen molar-refractivity contribution in [3.63, 3.8) is 0 Å². The molecule has 0 spiro atoms. The van der Waals surface area contributed by atoms with Gasteiger partial charge in [-0.15, -0.1) is 11.3 Å². The van der Waals surface area contributed by atoms with Gasteiger partial charge in [0.05, 0.1) is 16.6 Å². The maximum absolute atomic E-state index is 12.9. The van der Waals surface area contributed by atoms with Crippen molar-refractivity contribution < 1.29 is 28.2 Å². The van der Waals surface area contributed by atoms with Crippen LogP contribution in [0, 0.1) is 0 Å². The van der Waals surface area contributed by atoms with E-state index in [1.165, 1.54) is 6.07 Å². The SMILES string of the molecule is O=C(O)C[C@](O)(c1nc2ccccc2s1)C(F)(F)F. The molecule has 0 aliphatic heterocycles. The molecular weight excluding hydrogens is 283 g/mol. The van der Waals surface area contributed by atoms with Gasteiger partial charge in [0.1, 0.15) is 5.01 Å². The molecule has 2 rings (SSSR count). The predicted molar refractivity (Wildman–Crippen MR) is 61.8 cm³/mol. The number of halogens is 3. The summed E-state index contributed by atoms with van der Waals surface area (Å²) in [5.41, 5.74) is -3.18. The summed E-state index contributed by atoms with van der Waals surface area (Å²) in [5, 5.41) is 17.6. The smallest absolute Gasteiger partial charge is 0.424 e. The van der Waals surface area contributed by atoms with Crippen molar-refractivity contribution in [2.45, 2.75) is 18.2 Å². The summed E-state index contributed by atoms with van der Waals surface area (Å²) in [5.74, 6) is -1.75. The summed E-state index contributed by atoms with van der Waals surface area (Å²) in [6, 6.07) is 6.25. The summed E-state index contributed by atoms with van der Waals surface area (Å²) in [4.78, 5) is 14.3. The number of fused-ring (bicyclic) bond motifs is 1. The van der Waals surface area contributed by atoms with E-state index in [4.69, 9.17) is 5.11 Å². The molecule has 1 aromatic heterocycles. The highest BCUT2D eigenvalue weighted by Crippen LogP contribution is 2.44. The second-order valence-electron chi connectivity index (χ2n) is 3.92. The Bertz CT molecular complexity index is 592. The van der Waals surface area contributed by atoms with Gasteiger partial charge in [0, 0.05) is 0 Å². The predicted octanol–water partition coefficient (Wildman–Crippen LogP) is 2.52. The van der Waals surface area contributed by atoms with Gasteiger partial charge in [-0.25, -0.2) is 4.98 Å². The molecule has 0 amide bonds. The molecule has 1 aromatic carbocycles. The first-order valence-electron chi connectivity index (χ1n) is 5.11. The summed E-state index contributed by atoms with van der Waals surface area (Å²) >= 11 is 0.629. The van der Waals surface area contributed by atoms with Crippen LogP contribution >= 0.6 is 11.3 Å². The number of benzene rings is 1. The molecule has 0 aliphatic carbocycles. The molecule has 19 heavy (non-hydrogen) atoms. The zero-order valence-electron chi connectivity index (χ0n) is 9.31. The van der Waals surface area contributed by atoms with Crippen molar-refractivity contribution in [1.29, 1.82) is 0 Å². The fourth-order valence-corrected chi connectivity index (χ4v) is 2.64. The molecule has 0 bridgehead atoms. The number of carboxylic acid groups (broad SMARTS) is 1. The number of thiazole rings is 1. The van der Waals surface area contributed by atoms with Crippen molar-refractivity contribution in [2.75, 3.05) is 0 Å². The van der Waals surface area contributed by atoms with Crippen molar-refractivity contribution >= 4 is 27.5 Å². The Morgan fingerprint density at radius 2 is 1.95 bits per heavy atom. The van der Waals surface area contributed by atoms with Crippen molar-refractivity contribution in [3.8, 4) is 0 Å². The summed E-state index contributed by atoms with van der Waals surface area (Å²) in [7, 11) is 0. The Hall–Kier alpha value is -1.67. The molecule has 2 N–H and O–H groups in total. The van der Waals surface area contributed by atoms with E-state index >= 15 is 0 Å². The van der Waals surface area contributed by atoms with E-state index in [1.807, 2.05) is 0 Å². The number of hydrogen-bond donors (Lipinski definition) is 2. The Kier molecular flexibility index (Phi) is 3.23. The van der Waals surface area contributed by atoms with Crippen LogP contribution in [-0.4, -0.2) is 27.3 Å². The maximum atomic E-state index is 12.9. The van der Waals surface area contributed by atoms with Gasteiger partial charge in [0.15, 0.2) is 0 Å². The average molecular weight is 291 g/mol. The molecule has 0 saturated carbocycles. The van der Waals surface area contributed by atoms with Gasteiger partial charge in [-0.2, -0.15) is 13.2 Å². The molecule has 0 fully saturated rings. The van der Waals surface area contributed by atoms with Crippen LogP contribution in [0.2, 0.25) is 0 Å². The number of rotatable bonds is 3. The third kappa shape index (κ3) is 2.41. The van der Waals surface area contributed by atoms with E-state index in [1.54, 1.807) is 18.2 Å². The zero-order chi connectivity index (χ0) is 14.3. The number of carbonyl (C=O) groups is 1. The summed E-state index contributed by atoms with van der Waals surface area (Å²) < 4.78 is 39.2. The largest absolute Gasteiger partial charge is 0.481 e. The molecule has 2 aromatic rings. The van der Waals surface area contributed by atoms with Gasteiger partial charge < -0.3 is 10.2 Å². The van der Waals surface area contributed by atoms with Gasteiger partial charge >= 0.3 is 12.1 Å². The van der Waals surface area contributed by atoms with Gasteiger partial charge in [0.25, 0.3) is 0 Å². The number of para-hydroxylation sites is 1. The highest BCUT2D eigenvalue weighted by molar-refractivity contribution is 7.18. The lowest BCUT2D eigenvalue weighted by Crippen LogP contribution is -2.44. The molecule has 1 heterocycles. The molecule has 1 atom stereocenters. The molecule has 0 unspecified atom stereocenters. The van der Waals surface area contributed by atoms with Crippen LogP contribution in [0.25, 0.3) is 10.2 Å². The van der Waals surface area contributed by atoms with E-state index in [0.29, 0.717) is 16.0 Å². The van der Waals surface area contributed by atoms with E-state index < -0.39 is 29.2 Å². The number of nitrogens with zero attached hydrogens (tertiary/aromatic N) is 1. The minimum absolute atomic E-state index is 0.288. The number of aliphatic hydroxyl groups is 1. The minimum Gasteiger partial charge on any atom is -0.481 e. The number of hydrogen-bond acceptors (Lipinski definition) is 4. The lowest BCUT2D eigenvalue weighted by molar-refractivity contribution is -0.269. The third-order valence-electron chi connectivity index (χ3n) is 2.52. The Morgan fingerprint density at radius 3 is 2.47 bits per heavy atom. The van der Waals surface area contributed by atoms with Gasteiger partial charge in [-0.3, -0.25) is 4.79 Å². The first kappa shape index (κ1) is 13.8. The molecule has 0 radical (unpaired) electrons. The van der Waals surface area contributed by atoms with Crippen LogP contribution in [-0.2, 0) is 10.4 Å². The second-order valence-corrected chi connectivity index (χ2v) is 4.95. The van der Waals surface area contributed by atoms with Crippen molar-refractivity contribution in [2.24, 2.45) is 0 Å². The van der Waals surface area contributed by atoms with Crippen LogP contribution < -0.4 is 0 Å². The maximum Gasteiger partial charge on any atom is 0.424 e. The lowest BCUT2D eigenvalue weighted by atomic mass is 10.00. The topological polar surface area (TPSA) is 70.4 Å². The standard InChI is InChI=1S/C11H8F3NO3S/c12-11(13,14)10(18,5-8(16)17)9-15-6-3-1-2-4-7(6)19-9/h1-4,18H,5H2,(H,16,17)/t10-/m0/s1. The van der Waals surface area contributed by atoms with Crippen LogP contribution in [0.1, 0.15) is 11.4 Å². The minimum atomic E-state index is -5.11. The van der Waals surface area contributed by atoms with Gasteiger partial charge in [-0.1, -0.05) is 12.1 Å². The molecular formula is C11H8F3NO3S. The molecule has 0 aliphatic rings. The molecule has 4 nitrogen and oxygen atoms in total. The van der Waals surface area contributed by atoms with Crippen LogP contribution in [0.3, 0.4) is 0 Å². The van der Waals surface area contributed by atoms with Crippen molar-refractivity contribution in [3.05, 3.63) is 29.3 Å². The fraction of sp³-hybridized carbons (Fsp3) is 0.273. The Morgan fingerprint density at radius 1 is 1.32 bits per heavy atom. The first-order valence-corrected chi connectivity index (χ1v) is 5.92. The number of carboxylic acids is 1. The van der Waals surface area contributed by atoms with Crippen LogP contribution in [0.5, 0.6) is 0 Å². The summed E-state index contributed by atoms with van der Waals surface area (Å²) in [6.45, 7) is 0. The molecule has 0 saturated heterocycles. The number of aliphatic carboxylic acids is 1. The Balaban J connectivity index is 2.57. The van der Waals surface area contributed by atoms with Gasteiger partial charge in [0.2, 0.25) is 5.60 Å².